The fraction of sp³-hybridized carbons (Fsp3) is 0.429. The van der Waals surface area contributed by atoms with Crippen LogP contribution in [0.15, 0.2) is 24.3 Å². The molecule has 0 radical (unpaired) electrons. The van der Waals surface area contributed by atoms with Gasteiger partial charge in [-0.2, -0.15) is 0 Å². The third-order valence-corrected chi connectivity index (χ3v) is 3.55. The van der Waals surface area contributed by atoms with Gasteiger partial charge >= 0.3 is 0 Å². The second kappa shape index (κ2) is 6.12. The molecule has 4 nitrogen and oxygen atoms in total. The van der Waals surface area contributed by atoms with Crippen LogP contribution in [0.5, 0.6) is 0 Å². The first-order valence-corrected chi connectivity index (χ1v) is 6.83. The maximum Gasteiger partial charge on any atom is 0.254 e. The molecule has 1 heterocycles. The van der Waals surface area contributed by atoms with E-state index in [1.165, 1.54) is 0 Å². The average Bonchev–Trinajstić information content (AvgIpc) is 2.39. The molecule has 0 aromatic heterocycles. The second-order valence-corrected chi connectivity index (χ2v) is 5.42. The highest BCUT2D eigenvalue weighted by Gasteiger charge is 2.22. The minimum absolute atomic E-state index is 0.0833. The lowest BCUT2D eigenvalue weighted by atomic mass is 10.0. The molecule has 0 atom stereocenters. The number of hydrogen-bond donors (Lipinski definition) is 1. The maximum atomic E-state index is 12.5. The van der Waals surface area contributed by atoms with Gasteiger partial charge in [0.2, 0.25) is 0 Å². The predicted octanol–water partition coefficient (Wildman–Crippen LogP) is 0.903. The summed E-state index contributed by atoms with van der Waals surface area (Å²) < 4.78 is 0. The number of amides is 1. The van der Waals surface area contributed by atoms with Gasteiger partial charge in [0.15, 0.2) is 0 Å². The van der Waals surface area contributed by atoms with Gasteiger partial charge in [-0.1, -0.05) is 30.4 Å². The van der Waals surface area contributed by atoms with Gasteiger partial charge in [-0.15, -0.1) is 0 Å². The van der Waals surface area contributed by atoms with E-state index >= 15 is 0 Å². The van der Waals surface area contributed by atoms with E-state index in [2.05, 4.69) is 11.9 Å². The molecule has 0 saturated carbocycles. The van der Waals surface area contributed by atoms with Crippen molar-refractivity contribution in [3.8, 4) is 0 Å². The Hall–Kier alpha value is -1.46. The van der Waals surface area contributed by atoms with Crippen molar-refractivity contribution >= 4 is 23.1 Å². The molecule has 1 aliphatic heterocycles. The molecule has 1 fully saturated rings. The van der Waals surface area contributed by atoms with Crippen LogP contribution >= 0.6 is 12.2 Å². The van der Waals surface area contributed by atoms with Crippen LogP contribution in [0.3, 0.4) is 0 Å². The normalized spacial score (nSPS) is 16.4. The number of thiocarbonyl (C=S) groups is 1. The molecule has 2 N–H and O–H groups in total. The molecule has 5 heteroatoms. The SMILES string of the molecule is CN1CCN(C(=O)c2ccccc2CC(N)=S)CC1. The zero-order chi connectivity index (χ0) is 13.8. The number of rotatable bonds is 3. The largest absolute Gasteiger partial charge is 0.393 e. The molecule has 1 aromatic carbocycles. The van der Waals surface area contributed by atoms with Gasteiger partial charge in [0.25, 0.3) is 5.91 Å². The summed E-state index contributed by atoms with van der Waals surface area (Å²) in [6.07, 6.45) is 0.477. The molecule has 2 rings (SSSR count). The number of hydrogen-bond acceptors (Lipinski definition) is 3. The van der Waals surface area contributed by atoms with Crippen molar-refractivity contribution in [2.75, 3.05) is 33.2 Å². The molecular weight excluding hydrogens is 258 g/mol. The van der Waals surface area contributed by atoms with Gasteiger partial charge in [0, 0.05) is 38.2 Å². The summed E-state index contributed by atoms with van der Waals surface area (Å²) in [5, 5.41) is 0. The van der Waals surface area contributed by atoms with E-state index in [0.29, 0.717) is 11.4 Å². The molecule has 0 unspecified atom stereocenters. The van der Waals surface area contributed by atoms with Crippen LogP contribution in [0.25, 0.3) is 0 Å². The Morgan fingerprint density at radius 3 is 2.53 bits per heavy atom. The van der Waals surface area contributed by atoms with Gasteiger partial charge in [0.1, 0.15) is 0 Å². The van der Waals surface area contributed by atoms with Crippen molar-refractivity contribution in [2.24, 2.45) is 5.73 Å². The summed E-state index contributed by atoms with van der Waals surface area (Å²) in [6.45, 7) is 3.39. The number of nitrogens with zero attached hydrogens (tertiary/aromatic N) is 2. The van der Waals surface area contributed by atoms with E-state index in [9.17, 15) is 4.79 Å². The molecule has 1 aromatic rings. The van der Waals surface area contributed by atoms with Crippen LogP contribution in [0, 0.1) is 0 Å². The lowest BCUT2D eigenvalue weighted by molar-refractivity contribution is 0.0663. The number of likely N-dealkylation sites (N-methyl/N-ethyl adjacent to an activating group) is 1. The van der Waals surface area contributed by atoms with Crippen LogP contribution in [-0.4, -0.2) is 53.9 Å². The average molecular weight is 277 g/mol. The maximum absolute atomic E-state index is 12.5. The van der Waals surface area contributed by atoms with Crippen molar-refractivity contribution in [1.82, 2.24) is 9.80 Å². The van der Waals surface area contributed by atoms with Crippen LogP contribution < -0.4 is 5.73 Å². The third kappa shape index (κ3) is 3.52. The monoisotopic (exact) mass is 277 g/mol. The fourth-order valence-corrected chi connectivity index (χ4v) is 2.41. The Kier molecular flexibility index (Phi) is 4.50. The van der Waals surface area contributed by atoms with E-state index in [4.69, 9.17) is 18.0 Å². The highest BCUT2D eigenvalue weighted by molar-refractivity contribution is 7.80. The zero-order valence-electron chi connectivity index (χ0n) is 11.1. The third-order valence-electron chi connectivity index (χ3n) is 3.40. The van der Waals surface area contributed by atoms with E-state index < -0.39 is 0 Å². The highest BCUT2D eigenvalue weighted by atomic mass is 32.1. The van der Waals surface area contributed by atoms with Gasteiger partial charge in [0.05, 0.1) is 4.99 Å². The molecular formula is C14H19N3OS. The second-order valence-electron chi connectivity index (χ2n) is 4.90. The Balaban J connectivity index is 2.16. The summed E-state index contributed by atoms with van der Waals surface area (Å²) in [6, 6.07) is 7.57. The van der Waals surface area contributed by atoms with Crippen LogP contribution in [0.2, 0.25) is 0 Å². The highest BCUT2D eigenvalue weighted by Crippen LogP contribution is 2.14. The Labute approximate surface area is 119 Å². The molecule has 19 heavy (non-hydrogen) atoms. The molecule has 1 saturated heterocycles. The van der Waals surface area contributed by atoms with Crippen LogP contribution in [-0.2, 0) is 6.42 Å². The Morgan fingerprint density at radius 2 is 1.89 bits per heavy atom. The summed E-state index contributed by atoms with van der Waals surface area (Å²) in [7, 11) is 2.07. The smallest absolute Gasteiger partial charge is 0.254 e. The number of piperazine rings is 1. The molecule has 0 spiro atoms. The van der Waals surface area contributed by atoms with E-state index in [1.54, 1.807) is 0 Å². The van der Waals surface area contributed by atoms with Crippen molar-refractivity contribution < 1.29 is 4.79 Å². The minimum Gasteiger partial charge on any atom is -0.393 e. The molecule has 0 bridgehead atoms. The number of carbonyl (C=O) groups is 1. The summed E-state index contributed by atoms with van der Waals surface area (Å²) in [5.41, 5.74) is 7.23. The van der Waals surface area contributed by atoms with Crippen molar-refractivity contribution in [3.05, 3.63) is 35.4 Å². The zero-order valence-corrected chi connectivity index (χ0v) is 11.9. The standard InChI is InChI=1S/C14H19N3OS/c1-16-6-8-17(9-7-16)14(18)12-5-3-2-4-11(12)10-13(15)19/h2-5H,6-10H2,1H3,(H2,15,19). The predicted molar refractivity (Wildman–Crippen MR) is 80.3 cm³/mol. The lowest BCUT2D eigenvalue weighted by Gasteiger charge is -2.32. The molecule has 0 aliphatic carbocycles. The van der Waals surface area contributed by atoms with Gasteiger partial charge in [-0.25, -0.2) is 0 Å². The first kappa shape index (κ1) is 14.0. The van der Waals surface area contributed by atoms with E-state index in [0.717, 1.165) is 37.3 Å². The van der Waals surface area contributed by atoms with Crippen molar-refractivity contribution in [2.45, 2.75) is 6.42 Å². The molecule has 1 aliphatic rings. The number of nitrogens with two attached hydrogens (primary N) is 1. The summed E-state index contributed by atoms with van der Waals surface area (Å²) >= 11 is 4.94. The van der Waals surface area contributed by atoms with Crippen LogP contribution in [0.4, 0.5) is 0 Å². The first-order chi connectivity index (χ1) is 9.08. The molecule has 1 amide bonds. The van der Waals surface area contributed by atoms with Crippen molar-refractivity contribution in [1.29, 1.82) is 0 Å². The first-order valence-electron chi connectivity index (χ1n) is 6.42. The van der Waals surface area contributed by atoms with E-state index in [-0.39, 0.29) is 5.91 Å². The topological polar surface area (TPSA) is 49.6 Å². The van der Waals surface area contributed by atoms with E-state index in [1.807, 2.05) is 29.2 Å². The summed E-state index contributed by atoms with van der Waals surface area (Å²) in [4.78, 5) is 17.1. The van der Waals surface area contributed by atoms with Gasteiger partial charge in [-0.3, -0.25) is 4.79 Å². The Bertz CT molecular complexity index is 481. The fourth-order valence-electron chi connectivity index (χ4n) is 2.25. The minimum atomic E-state index is 0.0833. The van der Waals surface area contributed by atoms with Crippen molar-refractivity contribution in [3.63, 3.8) is 0 Å². The lowest BCUT2D eigenvalue weighted by Crippen LogP contribution is -2.47. The van der Waals surface area contributed by atoms with Gasteiger partial charge in [-0.05, 0) is 18.7 Å². The number of carbonyl (C=O) groups excluding carboxylic acids is 1. The van der Waals surface area contributed by atoms with Gasteiger partial charge < -0.3 is 15.5 Å². The molecule has 102 valence electrons. The summed E-state index contributed by atoms with van der Waals surface area (Å²) in [5.74, 6) is 0.0833. The Morgan fingerprint density at radius 1 is 1.26 bits per heavy atom. The number of benzene rings is 1. The van der Waals surface area contributed by atoms with Crippen LogP contribution in [0.1, 0.15) is 15.9 Å². The quantitative estimate of drug-likeness (QED) is 0.834.